The number of hydrogen-bond acceptors (Lipinski definition) is 7. The lowest BCUT2D eigenvalue weighted by molar-refractivity contribution is -0.516. The monoisotopic (exact) mass is 596 g/mol. The van der Waals surface area contributed by atoms with E-state index in [0.717, 1.165) is 55.5 Å². The van der Waals surface area contributed by atoms with Crippen molar-refractivity contribution in [1.29, 1.82) is 0 Å². The van der Waals surface area contributed by atoms with E-state index in [1.54, 1.807) is 38.1 Å². The van der Waals surface area contributed by atoms with Crippen LogP contribution in [0.2, 0.25) is 0 Å². The maximum Gasteiger partial charge on any atom is 0.407 e. The molecule has 6 rings (SSSR count). The molecule has 234 valence electrons. The van der Waals surface area contributed by atoms with Crippen LogP contribution in [-0.4, -0.2) is 68.2 Å². The molecule has 4 fully saturated rings. The first-order chi connectivity index (χ1) is 20.7. The van der Waals surface area contributed by atoms with Gasteiger partial charge in [0, 0.05) is 36.9 Å². The molecule has 5 N–H and O–H groups in total. The second kappa shape index (κ2) is 13.9. The Bertz CT molecular complexity index is 1160. The number of alkyl carbamates (subject to hydrolysis) is 1. The fraction of sp³-hybridized carbons (Fsp3) is 0.656. The summed E-state index contributed by atoms with van der Waals surface area (Å²) in [6.07, 6.45) is 9.63. The lowest BCUT2D eigenvalue weighted by Crippen LogP contribution is -2.88. The molecular formula is C32H46N5O6+. The summed E-state index contributed by atoms with van der Waals surface area (Å²) in [5.41, 5.74) is 1.39. The third-order valence-electron chi connectivity index (χ3n) is 9.15. The number of aryl methyl sites for hydroxylation is 1. The zero-order valence-corrected chi connectivity index (χ0v) is 25.3. The Kier molecular flexibility index (Phi) is 10.00. The number of carbonyl (C=O) groups is 4. The zero-order valence-electron chi connectivity index (χ0n) is 25.3. The van der Waals surface area contributed by atoms with E-state index in [0.29, 0.717) is 25.0 Å². The van der Waals surface area contributed by atoms with Crippen LogP contribution in [0.3, 0.4) is 0 Å². The predicted octanol–water partition coefficient (Wildman–Crippen LogP) is 1.16. The highest BCUT2D eigenvalue weighted by Gasteiger charge is 2.51. The highest BCUT2D eigenvalue weighted by molar-refractivity contribution is 5.94. The molecule has 0 saturated heterocycles. The Hall–Kier alpha value is -3.47. The predicted molar refractivity (Wildman–Crippen MR) is 159 cm³/mol. The van der Waals surface area contributed by atoms with Crippen LogP contribution in [0.1, 0.15) is 81.1 Å². The molecule has 43 heavy (non-hydrogen) atoms. The van der Waals surface area contributed by atoms with Gasteiger partial charge in [0.15, 0.2) is 0 Å². The number of benzene rings is 1. The van der Waals surface area contributed by atoms with Gasteiger partial charge in [-0.25, -0.2) is 19.9 Å². The lowest BCUT2D eigenvalue weighted by Gasteiger charge is -2.56. The number of hydrogen-bond donors (Lipinski definition) is 5. The van der Waals surface area contributed by atoms with Crippen LogP contribution in [0.25, 0.3) is 0 Å². The van der Waals surface area contributed by atoms with Gasteiger partial charge in [-0.05, 0) is 94.2 Å². The smallest absolute Gasteiger partial charge is 0.407 e. The summed E-state index contributed by atoms with van der Waals surface area (Å²) in [5.74, 6) is 1.14. The summed E-state index contributed by atoms with van der Waals surface area (Å²) in [5, 5.41) is 11.4. The SMILES string of the molecule is CC(C)OC(=O)[C@H](CNC(=O)c1ccc(CCC(=O)NC2NCCC=[NH+]2)cc1)NC(=O)OCC12CC3CC(CC(C3)C1)C2. The fourth-order valence-corrected chi connectivity index (χ4v) is 7.64. The molecule has 2 atom stereocenters. The van der Waals surface area contributed by atoms with Gasteiger partial charge >= 0.3 is 12.1 Å². The molecule has 4 saturated carbocycles. The molecule has 0 aromatic heterocycles. The minimum Gasteiger partial charge on any atom is -0.461 e. The second-order valence-electron chi connectivity index (χ2n) is 13.2. The first-order valence-corrected chi connectivity index (χ1v) is 15.8. The third-order valence-corrected chi connectivity index (χ3v) is 9.15. The maximum absolute atomic E-state index is 12.9. The summed E-state index contributed by atoms with van der Waals surface area (Å²) in [7, 11) is 0. The van der Waals surface area contributed by atoms with Crippen molar-refractivity contribution in [3.05, 3.63) is 35.4 Å². The van der Waals surface area contributed by atoms with Gasteiger partial charge in [0.1, 0.15) is 12.3 Å². The Balaban J connectivity index is 1.09. The van der Waals surface area contributed by atoms with E-state index in [1.807, 2.05) is 6.21 Å². The number of ether oxygens (including phenoxy) is 2. The van der Waals surface area contributed by atoms with Gasteiger partial charge in [0.2, 0.25) is 5.91 Å². The molecule has 1 aliphatic heterocycles. The molecule has 4 bridgehead atoms. The van der Waals surface area contributed by atoms with Crippen LogP contribution in [0.5, 0.6) is 0 Å². The number of amides is 3. The summed E-state index contributed by atoms with van der Waals surface area (Å²) in [6.45, 7) is 4.49. The Morgan fingerprint density at radius 1 is 1.02 bits per heavy atom. The van der Waals surface area contributed by atoms with Crippen LogP contribution < -0.4 is 26.3 Å². The molecular weight excluding hydrogens is 550 g/mol. The number of esters is 1. The van der Waals surface area contributed by atoms with Crippen molar-refractivity contribution in [1.82, 2.24) is 21.3 Å². The molecule has 11 nitrogen and oxygen atoms in total. The van der Waals surface area contributed by atoms with Crippen molar-refractivity contribution < 1.29 is 33.6 Å². The van der Waals surface area contributed by atoms with Crippen LogP contribution in [0, 0.1) is 23.2 Å². The van der Waals surface area contributed by atoms with E-state index in [9.17, 15) is 19.2 Å². The molecule has 1 unspecified atom stereocenters. The molecule has 1 aromatic carbocycles. The van der Waals surface area contributed by atoms with Gasteiger partial charge < -0.3 is 20.1 Å². The van der Waals surface area contributed by atoms with Gasteiger partial charge in [-0.3, -0.25) is 14.9 Å². The summed E-state index contributed by atoms with van der Waals surface area (Å²) in [4.78, 5) is 53.8. The minimum atomic E-state index is -1.08. The van der Waals surface area contributed by atoms with E-state index >= 15 is 0 Å². The average molecular weight is 597 g/mol. The van der Waals surface area contributed by atoms with Gasteiger partial charge in [-0.15, -0.1) is 0 Å². The molecule has 1 aromatic rings. The van der Waals surface area contributed by atoms with E-state index in [-0.39, 0.29) is 36.2 Å². The molecule has 11 heteroatoms. The molecule has 5 aliphatic rings. The largest absolute Gasteiger partial charge is 0.461 e. The minimum absolute atomic E-state index is 0.0623. The lowest BCUT2D eigenvalue weighted by atomic mass is 9.50. The Labute approximate surface area is 253 Å². The van der Waals surface area contributed by atoms with Crippen LogP contribution in [-0.2, 0) is 25.5 Å². The van der Waals surface area contributed by atoms with Crippen molar-refractivity contribution in [3.63, 3.8) is 0 Å². The van der Waals surface area contributed by atoms with Crippen LogP contribution in [0.15, 0.2) is 24.3 Å². The van der Waals surface area contributed by atoms with E-state index in [4.69, 9.17) is 9.47 Å². The van der Waals surface area contributed by atoms with Gasteiger partial charge in [-0.2, -0.15) is 0 Å². The first-order valence-electron chi connectivity index (χ1n) is 15.8. The Morgan fingerprint density at radius 3 is 2.30 bits per heavy atom. The summed E-state index contributed by atoms with van der Waals surface area (Å²) in [6, 6.07) is 5.88. The summed E-state index contributed by atoms with van der Waals surface area (Å²) >= 11 is 0. The van der Waals surface area contributed by atoms with Gasteiger partial charge in [-0.1, -0.05) is 12.1 Å². The Morgan fingerprint density at radius 2 is 1.70 bits per heavy atom. The van der Waals surface area contributed by atoms with Gasteiger partial charge in [0.25, 0.3) is 12.2 Å². The summed E-state index contributed by atoms with van der Waals surface area (Å²) < 4.78 is 11.0. The van der Waals surface area contributed by atoms with Crippen LogP contribution >= 0.6 is 0 Å². The molecule has 4 aliphatic carbocycles. The number of nitrogens with one attached hydrogen (secondary N) is 5. The number of rotatable bonds is 12. The molecule has 0 radical (unpaired) electrons. The molecule has 1 heterocycles. The van der Waals surface area contributed by atoms with Crippen molar-refractivity contribution >= 4 is 30.1 Å². The molecule has 3 amide bonds. The molecule has 0 spiro atoms. The third kappa shape index (κ3) is 8.55. The van der Waals surface area contributed by atoms with E-state index in [1.165, 1.54) is 19.3 Å². The maximum atomic E-state index is 12.9. The highest BCUT2D eigenvalue weighted by atomic mass is 16.6. The van der Waals surface area contributed by atoms with E-state index < -0.39 is 18.1 Å². The fourth-order valence-electron chi connectivity index (χ4n) is 7.64. The van der Waals surface area contributed by atoms with Crippen molar-refractivity contribution in [3.8, 4) is 0 Å². The van der Waals surface area contributed by atoms with E-state index in [2.05, 4.69) is 26.3 Å². The standard InChI is InChI=1S/C32H45N5O6/c1-20(2)43-29(40)26(36-31(41)42-19-32-15-22-12-23(16-32)14-24(13-22)17-32)18-35-28(39)25-7-4-21(5-8-25)6-9-27(38)37-30-33-10-3-11-34-30/h4-5,7-8,10,20,22-24,26,30,34H,3,6,9,11-19H2,1-2H3,(H,35,39)(H,36,41)(H,37,38)/p+1/t22?,23?,24?,26-,30?,32?/m0/s1. The average Bonchev–Trinajstić information content (AvgIpc) is 2.97. The van der Waals surface area contributed by atoms with Gasteiger partial charge in [0.05, 0.1) is 12.7 Å². The normalized spacial score (nSPS) is 27.8. The second-order valence-corrected chi connectivity index (χ2v) is 13.2. The first kappa shape index (κ1) is 31.0. The van der Waals surface area contributed by atoms with Crippen molar-refractivity contribution in [2.24, 2.45) is 23.2 Å². The zero-order chi connectivity index (χ0) is 30.4. The highest BCUT2D eigenvalue weighted by Crippen LogP contribution is 2.60. The van der Waals surface area contributed by atoms with Crippen molar-refractivity contribution in [2.75, 3.05) is 19.7 Å². The van der Waals surface area contributed by atoms with Crippen molar-refractivity contribution in [2.45, 2.75) is 90.1 Å². The topological polar surface area (TPSA) is 149 Å². The quantitative estimate of drug-likeness (QED) is 0.227. The number of carbonyl (C=O) groups excluding carboxylic acids is 4. The van der Waals surface area contributed by atoms with Crippen LogP contribution in [0.4, 0.5) is 4.79 Å².